The summed E-state index contributed by atoms with van der Waals surface area (Å²) in [7, 11) is 0. The van der Waals surface area contributed by atoms with E-state index >= 15 is 0 Å². The molecule has 0 saturated carbocycles. The fourth-order valence-corrected chi connectivity index (χ4v) is 2.20. The summed E-state index contributed by atoms with van der Waals surface area (Å²) in [5.41, 5.74) is 0.744. The fourth-order valence-electron chi connectivity index (χ4n) is 1.83. The summed E-state index contributed by atoms with van der Waals surface area (Å²) in [5, 5.41) is 0.902. The van der Waals surface area contributed by atoms with Crippen molar-refractivity contribution in [3.63, 3.8) is 0 Å². The molecule has 0 unspecified atom stereocenters. The maximum Gasteiger partial charge on any atom is 0.409 e. The molecule has 0 radical (unpaired) electrons. The second-order valence-electron chi connectivity index (χ2n) is 3.89. The van der Waals surface area contributed by atoms with Gasteiger partial charge in [0, 0.05) is 17.5 Å². The summed E-state index contributed by atoms with van der Waals surface area (Å²) in [5.74, 6) is 0. The van der Waals surface area contributed by atoms with Crippen molar-refractivity contribution >= 4 is 26.9 Å². The third-order valence-electron chi connectivity index (χ3n) is 2.67. The zero-order chi connectivity index (χ0) is 12.5. The Morgan fingerprint density at radius 3 is 2.78 bits per heavy atom. The van der Waals surface area contributed by atoms with Crippen LogP contribution in [0, 0.1) is 0 Å². The number of para-hydroxylation sites is 1. The molecular formula is C14H9BrNO2+. The van der Waals surface area contributed by atoms with Crippen LogP contribution in [-0.4, -0.2) is 0 Å². The number of hydrogen-bond acceptors (Lipinski definition) is 2. The average molecular weight is 303 g/mol. The molecule has 2 heterocycles. The predicted octanol–water partition coefficient (Wildman–Crippen LogP) is 2.83. The summed E-state index contributed by atoms with van der Waals surface area (Å²) in [6.07, 6.45) is 3.63. The molecule has 0 aliphatic carbocycles. The van der Waals surface area contributed by atoms with E-state index in [1.807, 2.05) is 48.8 Å². The first-order valence-corrected chi connectivity index (χ1v) is 6.23. The molecule has 0 bridgehead atoms. The van der Waals surface area contributed by atoms with Crippen molar-refractivity contribution in [2.24, 2.45) is 0 Å². The van der Waals surface area contributed by atoms with E-state index in [9.17, 15) is 4.79 Å². The number of benzene rings is 1. The summed E-state index contributed by atoms with van der Waals surface area (Å²) in [6, 6.07) is 13.0. The van der Waals surface area contributed by atoms with Crippen molar-refractivity contribution in [2.75, 3.05) is 0 Å². The summed E-state index contributed by atoms with van der Waals surface area (Å²) in [4.78, 5) is 11.9. The zero-order valence-electron chi connectivity index (χ0n) is 9.34. The standard InChI is InChI=1S/C14H9BrNO2/c15-11-5-3-7-16(9-11)12-8-10-4-1-2-6-13(10)18-14(12)17/h1-9H/q+1. The average Bonchev–Trinajstić information content (AvgIpc) is 2.38. The number of aromatic nitrogens is 1. The molecule has 0 spiro atoms. The van der Waals surface area contributed by atoms with E-state index in [-0.39, 0.29) is 5.63 Å². The van der Waals surface area contributed by atoms with Crippen LogP contribution in [0.25, 0.3) is 16.7 Å². The number of fused-ring (bicyclic) bond motifs is 1. The minimum absolute atomic E-state index is 0.350. The third-order valence-corrected chi connectivity index (χ3v) is 3.13. The van der Waals surface area contributed by atoms with Crippen LogP contribution in [0.4, 0.5) is 0 Å². The lowest BCUT2D eigenvalue weighted by molar-refractivity contribution is -0.598. The van der Waals surface area contributed by atoms with Crippen LogP contribution in [-0.2, 0) is 0 Å². The Bertz CT molecular complexity index is 780. The molecule has 0 aliphatic rings. The maximum absolute atomic E-state index is 11.9. The highest BCUT2D eigenvalue weighted by Crippen LogP contribution is 2.13. The SMILES string of the molecule is O=c1oc2ccccc2cc1-[n+]1cccc(Br)c1. The third kappa shape index (κ3) is 1.95. The van der Waals surface area contributed by atoms with Gasteiger partial charge in [0.05, 0.1) is 4.47 Å². The van der Waals surface area contributed by atoms with Gasteiger partial charge < -0.3 is 4.42 Å². The molecule has 2 aromatic heterocycles. The van der Waals surface area contributed by atoms with Gasteiger partial charge in [-0.1, -0.05) is 18.2 Å². The van der Waals surface area contributed by atoms with Gasteiger partial charge in [0.25, 0.3) is 5.69 Å². The first-order valence-electron chi connectivity index (χ1n) is 5.44. The Balaban J connectivity index is 2.29. The van der Waals surface area contributed by atoms with E-state index in [1.165, 1.54) is 0 Å². The van der Waals surface area contributed by atoms with E-state index in [1.54, 1.807) is 10.6 Å². The molecule has 0 aliphatic heterocycles. The molecule has 0 atom stereocenters. The summed E-state index contributed by atoms with van der Waals surface area (Å²) >= 11 is 3.38. The van der Waals surface area contributed by atoms with Crippen LogP contribution in [0.3, 0.4) is 0 Å². The van der Waals surface area contributed by atoms with E-state index in [4.69, 9.17) is 4.42 Å². The van der Waals surface area contributed by atoms with E-state index < -0.39 is 0 Å². The lowest BCUT2D eigenvalue weighted by Gasteiger charge is -1.98. The van der Waals surface area contributed by atoms with E-state index in [0.29, 0.717) is 11.3 Å². The molecular weight excluding hydrogens is 294 g/mol. The minimum Gasteiger partial charge on any atom is -0.418 e. The van der Waals surface area contributed by atoms with Crippen molar-refractivity contribution in [2.45, 2.75) is 0 Å². The van der Waals surface area contributed by atoms with Gasteiger partial charge in [0.15, 0.2) is 12.4 Å². The fraction of sp³-hybridized carbons (Fsp3) is 0. The number of halogens is 1. The van der Waals surface area contributed by atoms with Gasteiger partial charge in [0.2, 0.25) is 0 Å². The van der Waals surface area contributed by atoms with Gasteiger partial charge in [0.1, 0.15) is 5.58 Å². The lowest BCUT2D eigenvalue weighted by atomic mass is 10.2. The first-order chi connectivity index (χ1) is 8.74. The second kappa shape index (κ2) is 4.38. The number of hydrogen-bond donors (Lipinski definition) is 0. The van der Waals surface area contributed by atoms with Crippen molar-refractivity contribution < 1.29 is 8.98 Å². The second-order valence-corrected chi connectivity index (χ2v) is 4.80. The van der Waals surface area contributed by atoms with Crippen LogP contribution in [0.5, 0.6) is 0 Å². The Kier molecular flexibility index (Phi) is 2.72. The van der Waals surface area contributed by atoms with E-state index in [2.05, 4.69) is 15.9 Å². The molecule has 1 aromatic carbocycles. The van der Waals surface area contributed by atoms with Gasteiger partial charge >= 0.3 is 5.63 Å². The van der Waals surface area contributed by atoms with Gasteiger partial charge in [-0.05, 0) is 28.1 Å². The van der Waals surface area contributed by atoms with Crippen molar-refractivity contribution in [3.05, 3.63) is 69.8 Å². The Labute approximate surface area is 111 Å². The predicted molar refractivity (Wildman–Crippen MR) is 71.7 cm³/mol. The largest absolute Gasteiger partial charge is 0.418 e. The van der Waals surface area contributed by atoms with Gasteiger partial charge in [-0.3, -0.25) is 0 Å². The normalized spacial score (nSPS) is 10.7. The van der Waals surface area contributed by atoms with Gasteiger partial charge in [-0.15, -0.1) is 0 Å². The Morgan fingerprint density at radius 2 is 1.94 bits per heavy atom. The zero-order valence-corrected chi connectivity index (χ0v) is 10.9. The van der Waals surface area contributed by atoms with Crippen molar-refractivity contribution in [1.82, 2.24) is 0 Å². The molecule has 0 amide bonds. The van der Waals surface area contributed by atoms with Gasteiger partial charge in [-0.2, -0.15) is 4.57 Å². The highest BCUT2D eigenvalue weighted by atomic mass is 79.9. The molecule has 88 valence electrons. The molecule has 0 N–H and O–H groups in total. The highest BCUT2D eigenvalue weighted by Gasteiger charge is 2.14. The molecule has 0 fully saturated rings. The smallest absolute Gasteiger partial charge is 0.409 e. The topological polar surface area (TPSA) is 34.1 Å². The Morgan fingerprint density at radius 1 is 1.11 bits per heavy atom. The van der Waals surface area contributed by atoms with Gasteiger partial charge in [-0.25, -0.2) is 4.79 Å². The molecule has 3 aromatic rings. The molecule has 3 rings (SSSR count). The van der Waals surface area contributed by atoms with Crippen molar-refractivity contribution in [3.8, 4) is 5.69 Å². The van der Waals surface area contributed by atoms with E-state index in [0.717, 1.165) is 9.86 Å². The molecule has 3 nitrogen and oxygen atoms in total. The van der Waals surface area contributed by atoms with Crippen LogP contribution in [0.1, 0.15) is 0 Å². The van der Waals surface area contributed by atoms with Crippen LogP contribution in [0.15, 0.2) is 68.5 Å². The van der Waals surface area contributed by atoms with Crippen molar-refractivity contribution in [1.29, 1.82) is 0 Å². The first kappa shape index (κ1) is 11.2. The summed E-state index contributed by atoms with van der Waals surface area (Å²) in [6.45, 7) is 0. The molecule has 4 heteroatoms. The quantitative estimate of drug-likeness (QED) is 0.512. The molecule has 0 saturated heterocycles. The highest BCUT2D eigenvalue weighted by molar-refractivity contribution is 9.10. The Hall–Kier alpha value is -1.94. The number of rotatable bonds is 1. The summed E-state index contributed by atoms with van der Waals surface area (Å²) < 4.78 is 7.93. The van der Waals surface area contributed by atoms with Crippen LogP contribution >= 0.6 is 15.9 Å². The lowest BCUT2D eigenvalue weighted by Crippen LogP contribution is -2.35. The van der Waals surface area contributed by atoms with Crippen LogP contribution < -0.4 is 10.2 Å². The minimum atomic E-state index is -0.350. The number of pyridine rings is 1. The maximum atomic E-state index is 11.9. The number of nitrogens with zero attached hydrogens (tertiary/aromatic N) is 1. The molecule has 18 heavy (non-hydrogen) atoms. The van der Waals surface area contributed by atoms with Crippen LogP contribution in [0.2, 0.25) is 0 Å². The monoisotopic (exact) mass is 302 g/mol.